The molecule has 12 nitrogen and oxygen atoms in total. The normalized spacial score (nSPS) is 23.5. The number of aliphatic hydroxyl groups excluding tert-OH is 5. The number of ether oxygens (including phenoxy) is 2. The van der Waals surface area contributed by atoms with Crippen LogP contribution in [0.25, 0.3) is 0 Å². The van der Waals surface area contributed by atoms with Crippen LogP contribution in [0, 0.1) is 0 Å². The highest BCUT2D eigenvalue weighted by atomic mass is 31.2. The van der Waals surface area contributed by atoms with Crippen molar-refractivity contribution in [1.29, 1.82) is 0 Å². The maximum atomic E-state index is 12.8. The van der Waals surface area contributed by atoms with E-state index in [9.17, 15) is 39.8 Å². The minimum absolute atomic E-state index is 0.0685. The van der Waals surface area contributed by atoms with Crippen LogP contribution in [-0.2, 0) is 27.9 Å². The Morgan fingerprint density at radius 3 is 1.30 bits per heavy atom. The second-order valence-electron chi connectivity index (χ2n) is 15.2. The third-order valence-corrected chi connectivity index (χ3v) is 11.2. The van der Waals surface area contributed by atoms with E-state index in [1.807, 2.05) is 0 Å². The van der Waals surface area contributed by atoms with Gasteiger partial charge in [-0.3, -0.25) is 13.8 Å². The van der Waals surface area contributed by atoms with E-state index in [4.69, 9.17) is 18.5 Å². The topological polar surface area (TPSA) is 192 Å². The molecule has 0 spiro atoms. The van der Waals surface area contributed by atoms with Crippen LogP contribution in [0.15, 0.2) is 0 Å². The van der Waals surface area contributed by atoms with Gasteiger partial charge in [0.1, 0.15) is 42.7 Å². The summed E-state index contributed by atoms with van der Waals surface area (Å²) in [5.41, 5.74) is 0. The van der Waals surface area contributed by atoms with Crippen molar-refractivity contribution < 1.29 is 58.3 Å². The van der Waals surface area contributed by atoms with Gasteiger partial charge in [0.15, 0.2) is 0 Å². The summed E-state index contributed by atoms with van der Waals surface area (Å²) in [5.74, 6) is -0.474. The maximum Gasteiger partial charge on any atom is 0.472 e. The molecule has 0 aromatic carbocycles. The summed E-state index contributed by atoms with van der Waals surface area (Å²) in [6.45, 7) is 4.26. The standard InChI is InChI=1S/C40H79O12P/c1-3-5-7-9-11-13-15-17-18-20-22-24-26-28-30-49-31-33(51-34(41)29-27-25-23-21-19-16-14-12-10-8-6-4-2)32-50-53(47,48)52-40-38(45)36(43)35(42)37(44)39(40)46/h33,35-40,42-46H,3-32H2,1-2H3,(H,47,48). The number of carbonyl (C=O) groups excluding carboxylic acids is 1. The molecular weight excluding hydrogens is 703 g/mol. The van der Waals surface area contributed by atoms with Crippen molar-refractivity contribution in [2.75, 3.05) is 19.8 Å². The number of aliphatic hydroxyl groups is 5. The number of phosphoric ester groups is 1. The molecule has 13 heteroatoms. The van der Waals surface area contributed by atoms with Gasteiger partial charge >= 0.3 is 13.8 Å². The predicted molar refractivity (Wildman–Crippen MR) is 207 cm³/mol. The fourth-order valence-electron chi connectivity index (χ4n) is 6.77. The predicted octanol–water partition coefficient (Wildman–Crippen LogP) is 7.81. The van der Waals surface area contributed by atoms with Crippen molar-refractivity contribution in [2.24, 2.45) is 0 Å². The summed E-state index contributed by atoms with van der Waals surface area (Å²) in [6, 6.07) is 0. The molecular formula is C40H79O12P. The van der Waals surface area contributed by atoms with E-state index < -0.39 is 63.1 Å². The van der Waals surface area contributed by atoms with Crippen LogP contribution in [0.4, 0.5) is 0 Å². The van der Waals surface area contributed by atoms with Crippen molar-refractivity contribution in [3.8, 4) is 0 Å². The zero-order chi connectivity index (χ0) is 39.2. The number of hydrogen-bond donors (Lipinski definition) is 6. The Morgan fingerprint density at radius 1 is 0.528 bits per heavy atom. The smallest absolute Gasteiger partial charge is 0.457 e. The Kier molecular flexibility index (Phi) is 30.8. The van der Waals surface area contributed by atoms with Gasteiger partial charge in [0.05, 0.1) is 13.2 Å². The minimum atomic E-state index is -5.00. The summed E-state index contributed by atoms with van der Waals surface area (Å²) < 4.78 is 34.1. The van der Waals surface area contributed by atoms with Gasteiger partial charge in [-0.15, -0.1) is 0 Å². The minimum Gasteiger partial charge on any atom is -0.457 e. The van der Waals surface area contributed by atoms with E-state index in [0.29, 0.717) is 13.0 Å². The van der Waals surface area contributed by atoms with Crippen LogP contribution in [0.5, 0.6) is 0 Å². The van der Waals surface area contributed by atoms with E-state index in [1.165, 1.54) is 122 Å². The van der Waals surface area contributed by atoms with E-state index in [2.05, 4.69) is 13.8 Å². The van der Waals surface area contributed by atoms with Crippen LogP contribution in [-0.4, -0.2) is 98.9 Å². The number of unbranched alkanes of at least 4 members (excludes halogenated alkanes) is 24. The highest BCUT2D eigenvalue weighted by Gasteiger charge is 2.51. The van der Waals surface area contributed by atoms with E-state index in [0.717, 1.165) is 38.5 Å². The third-order valence-electron chi connectivity index (χ3n) is 10.2. The summed E-state index contributed by atoms with van der Waals surface area (Å²) in [7, 11) is -5.00. The molecule has 1 aliphatic carbocycles. The van der Waals surface area contributed by atoms with Crippen LogP contribution in [0.3, 0.4) is 0 Å². The lowest BCUT2D eigenvalue weighted by Crippen LogP contribution is -2.64. The van der Waals surface area contributed by atoms with Crippen LogP contribution < -0.4 is 0 Å². The summed E-state index contributed by atoms with van der Waals surface area (Å²) in [4.78, 5) is 23.0. The molecule has 1 saturated carbocycles. The molecule has 0 radical (unpaired) electrons. The molecule has 0 amide bonds. The van der Waals surface area contributed by atoms with Crippen LogP contribution >= 0.6 is 7.82 Å². The van der Waals surface area contributed by atoms with E-state index in [-0.39, 0.29) is 13.0 Å². The molecule has 6 unspecified atom stereocenters. The summed E-state index contributed by atoms with van der Waals surface area (Å²) >= 11 is 0. The number of phosphoric acid groups is 1. The van der Waals surface area contributed by atoms with Gasteiger partial charge in [0.25, 0.3) is 0 Å². The van der Waals surface area contributed by atoms with Crippen molar-refractivity contribution in [2.45, 2.75) is 230 Å². The summed E-state index contributed by atoms with van der Waals surface area (Å²) in [6.07, 6.45) is 18.9. The van der Waals surface area contributed by atoms with Gasteiger partial charge in [-0.05, 0) is 12.8 Å². The zero-order valence-electron chi connectivity index (χ0n) is 33.3. The van der Waals surface area contributed by atoms with Gasteiger partial charge in [-0.2, -0.15) is 0 Å². The number of hydrogen-bond acceptors (Lipinski definition) is 11. The number of rotatable bonds is 36. The molecule has 6 atom stereocenters. The lowest BCUT2D eigenvalue weighted by Gasteiger charge is -2.41. The van der Waals surface area contributed by atoms with Gasteiger partial charge in [0.2, 0.25) is 0 Å². The Labute approximate surface area is 321 Å². The molecule has 0 aromatic heterocycles. The van der Waals surface area contributed by atoms with E-state index >= 15 is 0 Å². The Bertz CT molecular complexity index is 895. The highest BCUT2D eigenvalue weighted by molar-refractivity contribution is 7.47. The fourth-order valence-corrected chi connectivity index (χ4v) is 7.74. The van der Waals surface area contributed by atoms with E-state index in [1.54, 1.807) is 0 Å². The molecule has 0 aromatic rings. The Morgan fingerprint density at radius 2 is 0.887 bits per heavy atom. The van der Waals surface area contributed by atoms with Crippen molar-refractivity contribution in [3.63, 3.8) is 0 Å². The van der Waals surface area contributed by atoms with Crippen LogP contribution in [0.2, 0.25) is 0 Å². The van der Waals surface area contributed by atoms with Gasteiger partial charge in [-0.1, -0.05) is 168 Å². The lowest BCUT2D eigenvalue weighted by atomic mass is 9.85. The maximum absolute atomic E-state index is 12.8. The number of esters is 1. The molecule has 1 aliphatic rings. The quantitative estimate of drug-likeness (QED) is 0.0206. The number of carbonyl (C=O) groups is 1. The molecule has 6 N–H and O–H groups in total. The van der Waals surface area contributed by atoms with Crippen molar-refractivity contribution in [1.82, 2.24) is 0 Å². The lowest BCUT2D eigenvalue weighted by molar-refractivity contribution is -0.220. The average Bonchev–Trinajstić information content (AvgIpc) is 3.14. The average molecular weight is 783 g/mol. The van der Waals surface area contributed by atoms with Crippen LogP contribution in [0.1, 0.15) is 187 Å². The molecule has 1 rings (SSSR count). The molecule has 0 heterocycles. The van der Waals surface area contributed by atoms with Gasteiger partial charge in [0, 0.05) is 13.0 Å². The third kappa shape index (κ3) is 25.3. The summed E-state index contributed by atoms with van der Waals surface area (Å²) in [5, 5.41) is 50.0. The zero-order valence-corrected chi connectivity index (χ0v) is 34.2. The van der Waals surface area contributed by atoms with Gasteiger partial charge in [-0.25, -0.2) is 4.57 Å². The largest absolute Gasteiger partial charge is 0.472 e. The molecule has 53 heavy (non-hydrogen) atoms. The second kappa shape index (κ2) is 32.4. The second-order valence-corrected chi connectivity index (χ2v) is 16.6. The van der Waals surface area contributed by atoms with Crippen molar-refractivity contribution >= 4 is 13.8 Å². The fraction of sp³-hybridized carbons (Fsp3) is 0.975. The molecule has 316 valence electrons. The Balaban J connectivity index is 2.42. The molecule has 1 fully saturated rings. The first-order valence-corrected chi connectivity index (χ1v) is 22.9. The SMILES string of the molecule is CCCCCCCCCCCCCCCCOCC(COP(=O)(O)OC1C(O)C(O)C(O)C(O)C1O)OC(=O)CCCCCCCCCCCCCC. The molecule has 0 aliphatic heterocycles. The molecule has 0 bridgehead atoms. The first kappa shape index (κ1) is 50.4. The van der Waals surface area contributed by atoms with Gasteiger partial charge < -0.3 is 39.9 Å². The highest BCUT2D eigenvalue weighted by Crippen LogP contribution is 2.47. The monoisotopic (exact) mass is 783 g/mol. The molecule has 0 saturated heterocycles. The first-order valence-electron chi connectivity index (χ1n) is 21.4. The van der Waals surface area contributed by atoms with Crippen molar-refractivity contribution in [3.05, 3.63) is 0 Å². The Hall–Kier alpha value is -0.660. The first-order chi connectivity index (χ1) is 25.5.